The minimum Gasteiger partial charge on any atom is -0.360 e. The molecule has 128 valence electrons. The van der Waals surface area contributed by atoms with Crippen molar-refractivity contribution in [2.24, 2.45) is 7.05 Å². The van der Waals surface area contributed by atoms with Crippen molar-refractivity contribution in [2.45, 2.75) is 6.92 Å². The van der Waals surface area contributed by atoms with E-state index in [4.69, 9.17) is 4.52 Å². The van der Waals surface area contributed by atoms with E-state index in [9.17, 15) is 9.59 Å². The summed E-state index contributed by atoms with van der Waals surface area (Å²) in [4.78, 5) is 28.2. The molecule has 0 unspecified atom stereocenters. The first-order valence-corrected chi connectivity index (χ1v) is 7.88. The molecule has 0 saturated carbocycles. The zero-order chi connectivity index (χ0) is 17.1. The standard InChI is InChI=1S/C16H21N5O3/c1-12-9-14(18-24-12)17-15(22)11-20-5-7-21(8-6-20)16(23)13-3-4-19(2)10-13/h3-4,9-10H,5-8,11H2,1-2H3,(H,17,18,22). The Morgan fingerprint density at radius 3 is 2.62 bits per heavy atom. The highest BCUT2D eigenvalue weighted by Crippen LogP contribution is 2.10. The van der Waals surface area contributed by atoms with Crippen molar-refractivity contribution in [3.05, 3.63) is 35.9 Å². The van der Waals surface area contributed by atoms with Crippen molar-refractivity contribution in [1.82, 2.24) is 19.5 Å². The van der Waals surface area contributed by atoms with Crippen LogP contribution in [-0.2, 0) is 11.8 Å². The highest BCUT2D eigenvalue weighted by Gasteiger charge is 2.23. The van der Waals surface area contributed by atoms with Crippen LogP contribution in [0.3, 0.4) is 0 Å². The number of rotatable bonds is 4. The number of carbonyl (C=O) groups is 2. The molecule has 2 amide bonds. The third-order valence-electron chi connectivity index (χ3n) is 4.00. The van der Waals surface area contributed by atoms with Gasteiger partial charge in [0.2, 0.25) is 5.91 Å². The molecule has 0 atom stereocenters. The monoisotopic (exact) mass is 331 g/mol. The molecule has 0 aliphatic carbocycles. The van der Waals surface area contributed by atoms with Gasteiger partial charge in [-0.3, -0.25) is 14.5 Å². The Labute approximate surface area is 140 Å². The van der Waals surface area contributed by atoms with Crippen LogP contribution in [0, 0.1) is 6.92 Å². The van der Waals surface area contributed by atoms with Crippen LogP contribution in [0.2, 0.25) is 0 Å². The molecule has 1 aliphatic rings. The second kappa shape index (κ2) is 6.88. The van der Waals surface area contributed by atoms with E-state index in [0.29, 0.717) is 43.3 Å². The lowest BCUT2D eigenvalue weighted by molar-refractivity contribution is -0.117. The fourth-order valence-electron chi connectivity index (χ4n) is 2.73. The molecule has 1 fully saturated rings. The molecule has 3 rings (SSSR count). The van der Waals surface area contributed by atoms with Gasteiger partial charge >= 0.3 is 0 Å². The number of carbonyl (C=O) groups excluding carboxylic acids is 2. The van der Waals surface area contributed by atoms with Gasteiger partial charge in [-0.15, -0.1) is 0 Å². The summed E-state index contributed by atoms with van der Waals surface area (Å²) in [6.07, 6.45) is 3.68. The van der Waals surface area contributed by atoms with Crippen molar-refractivity contribution >= 4 is 17.6 Å². The molecule has 3 heterocycles. The lowest BCUT2D eigenvalue weighted by Gasteiger charge is -2.34. The summed E-state index contributed by atoms with van der Waals surface area (Å²) < 4.78 is 6.78. The average Bonchev–Trinajstić information content (AvgIpc) is 3.16. The number of hydrogen-bond donors (Lipinski definition) is 1. The molecule has 8 heteroatoms. The van der Waals surface area contributed by atoms with Gasteiger partial charge in [0.05, 0.1) is 12.1 Å². The molecule has 0 radical (unpaired) electrons. The summed E-state index contributed by atoms with van der Waals surface area (Å²) in [5, 5.41) is 6.44. The summed E-state index contributed by atoms with van der Waals surface area (Å²) >= 11 is 0. The fourth-order valence-corrected chi connectivity index (χ4v) is 2.73. The van der Waals surface area contributed by atoms with Gasteiger partial charge in [-0.1, -0.05) is 5.16 Å². The molecule has 1 saturated heterocycles. The van der Waals surface area contributed by atoms with Gasteiger partial charge in [0.25, 0.3) is 5.91 Å². The average molecular weight is 331 g/mol. The van der Waals surface area contributed by atoms with E-state index in [-0.39, 0.29) is 18.4 Å². The van der Waals surface area contributed by atoms with Crippen LogP contribution >= 0.6 is 0 Å². The Morgan fingerprint density at radius 2 is 2.04 bits per heavy atom. The number of nitrogens with zero attached hydrogens (tertiary/aromatic N) is 4. The molecular weight excluding hydrogens is 310 g/mol. The molecule has 2 aromatic rings. The minimum atomic E-state index is -0.133. The normalized spacial score (nSPS) is 15.5. The second-order valence-corrected chi connectivity index (χ2v) is 6.00. The van der Waals surface area contributed by atoms with Gasteiger partial charge in [-0.25, -0.2) is 0 Å². The van der Waals surface area contributed by atoms with E-state index < -0.39 is 0 Å². The minimum absolute atomic E-state index is 0.0396. The summed E-state index contributed by atoms with van der Waals surface area (Å²) in [7, 11) is 1.89. The van der Waals surface area contributed by atoms with Gasteiger partial charge in [0.1, 0.15) is 5.76 Å². The third kappa shape index (κ3) is 3.83. The summed E-state index contributed by atoms with van der Waals surface area (Å²) in [5.74, 6) is 0.984. The first-order chi connectivity index (χ1) is 11.5. The summed E-state index contributed by atoms with van der Waals surface area (Å²) in [5.41, 5.74) is 0.699. The SMILES string of the molecule is Cc1cc(NC(=O)CN2CCN(C(=O)c3ccn(C)c3)CC2)no1. The zero-order valence-electron chi connectivity index (χ0n) is 13.9. The summed E-state index contributed by atoms with van der Waals surface area (Å²) in [6, 6.07) is 3.50. The number of aromatic nitrogens is 2. The van der Waals surface area contributed by atoms with Crippen molar-refractivity contribution in [2.75, 3.05) is 38.0 Å². The molecule has 0 aromatic carbocycles. The lowest BCUT2D eigenvalue weighted by atomic mass is 10.2. The quantitative estimate of drug-likeness (QED) is 0.892. The maximum atomic E-state index is 12.4. The predicted molar refractivity (Wildman–Crippen MR) is 87.6 cm³/mol. The van der Waals surface area contributed by atoms with Gasteiger partial charge in [-0.05, 0) is 13.0 Å². The second-order valence-electron chi connectivity index (χ2n) is 6.00. The number of aryl methyl sites for hydroxylation is 2. The Morgan fingerprint density at radius 1 is 1.29 bits per heavy atom. The maximum absolute atomic E-state index is 12.4. The van der Waals surface area contributed by atoms with Crippen molar-refractivity contribution in [3.63, 3.8) is 0 Å². The van der Waals surface area contributed by atoms with Gasteiger partial charge in [0.15, 0.2) is 5.82 Å². The Kier molecular flexibility index (Phi) is 4.66. The van der Waals surface area contributed by atoms with Gasteiger partial charge in [-0.2, -0.15) is 0 Å². The fraction of sp³-hybridized carbons (Fsp3) is 0.438. The third-order valence-corrected chi connectivity index (χ3v) is 4.00. The van der Waals surface area contributed by atoms with Gasteiger partial charge < -0.3 is 19.3 Å². The molecule has 0 bridgehead atoms. The van der Waals surface area contributed by atoms with Crippen LogP contribution in [0.25, 0.3) is 0 Å². The van der Waals surface area contributed by atoms with Crippen LogP contribution in [0.15, 0.2) is 29.0 Å². The van der Waals surface area contributed by atoms with E-state index in [1.54, 1.807) is 13.0 Å². The van der Waals surface area contributed by atoms with Crippen LogP contribution in [0.1, 0.15) is 16.1 Å². The van der Waals surface area contributed by atoms with E-state index in [1.807, 2.05) is 39.9 Å². The molecule has 2 aromatic heterocycles. The Bertz CT molecular complexity index is 728. The first kappa shape index (κ1) is 16.3. The number of anilines is 1. The molecule has 1 N–H and O–H groups in total. The highest BCUT2D eigenvalue weighted by atomic mass is 16.5. The number of nitrogens with one attached hydrogen (secondary N) is 1. The molecule has 8 nitrogen and oxygen atoms in total. The van der Waals surface area contributed by atoms with E-state index in [1.165, 1.54) is 0 Å². The highest BCUT2D eigenvalue weighted by molar-refractivity contribution is 5.94. The van der Waals surface area contributed by atoms with E-state index in [2.05, 4.69) is 10.5 Å². The van der Waals surface area contributed by atoms with E-state index >= 15 is 0 Å². The Hall–Kier alpha value is -2.61. The zero-order valence-corrected chi connectivity index (χ0v) is 13.9. The predicted octanol–water partition coefficient (Wildman–Crippen LogP) is 0.718. The van der Waals surface area contributed by atoms with Crippen LogP contribution in [-0.4, -0.2) is 64.1 Å². The van der Waals surface area contributed by atoms with Gasteiger partial charge in [0, 0.05) is 51.7 Å². The molecular formula is C16H21N5O3. The number of piperazine rings is 1. The van der Waals surface area contributed by atoms with Crippen molar-refractivity contribution < 1.29 is 14.1 Å². The largest absolute Gasteiger partial charge is 0.360 e. The molecule has 24 heavy (non-hydrogen) atoms. The van der Waals surface area contributed by atoms with Crippen molar-refractivity contribution in [3.8, 4) is 0 Å². The lowest BCUT2D eigenvalue weighted by Crippen LogP contribution is -2.50. The van der Waals surface area contributed by atoms with E-state index in [0.717, 1.165) is 0 Å². The van der Waals surface area contributed by atoms with Crippen LogP contribution in [0.5, 0.6) is 0 Å². The topological polar surface area (TPSA) is 83.6 Å². The van der Waals surface area contributed by atoms with Crippen molar-refractivity contribution in [1.29, 1.82) is 0 Å². The summed E-state index contributed by atoms with van der Waals surface area (Å²) in [6.45, 7) is 4.62. The smallest absolute Gasteiger partial charge is 0.255 e. The maximum Gasteiger partial charge on any atom is 0.255 e. The first-order valence-electron chi connectivity index (χ1n) is 7.88. The molecule has 1 aliphatic heterocycles. The number of amides is 2. The Balaban J connectivity index is 1.46. The molecule has 0 spiro atoms. The van der Waals surface area contributed by atoms with Crippen LogP contribution < -0.4 is 5.32 Å². The van der Waals surface area contributed by atoms with Crippen LogP contribution in [0.4, 0.5) is 5.82 Å². The number of hydrogen-bond acceptors (Lipinski definition) is 5.